The Morgan fingerprint density at radius 1 is 1.30 bits per heavy atom. The summed E-state index contributed by atoms with van der Waals surface area (Å²) in [5.74, 6) is 0.295. The zero-order valence-electron chi connectivity index (χ0n) is 11.2. The largest absolute Gasteiger partial charge is 0.399 e. The van der Waals surface area contributed by atoms with Gasteiger partial charge in [0.15, 0.2) is 0 Å². The van der Waals surface area contributed by atoms with Gasteiger partial charge in [-0.3, -0.25) is 0 Å². The predicted molar refractivity (Wildman–Crippen MR) is 82.5 cm³/mol. The summed E-state index contributed by atoms with van der Waals surface area (Å²) < 4.78 is 31.5. The van der Waals surface area contributed by atoms with Gasteiger partial charge in [-0.25, -0.2) is 13.1 Å². The van der Waals surface area contributed by atoms with Crippen LogP contribution < -0.4 is 10.5 Å². The van der Waals surface area contributed by atoms with Crippen molar-refractivity contribution in [2.75, 3.05) is 31.2 Å². The van der Waals surface area contributed by atoms with Crippen LogP contribution in [0.15, 0.2) is 24.3 Å². The second kappa shape index (κ2) is 7.83. The molecule has 20 heavy (non-hydrogen) atoms. The molecular formula is C13H21ClN2O3S. The van der Waals surface area contributed by atoms with E-state index in [1.165, 1.54) is 0 Å². The second-order valence-electron chi connectivity index (χ2n) is 4.90. The third kappa shape index (κ3) is 5.66. The number of benzene rings is 1. The molecule has 1 atom stereocenters. The summed E-state index contributed by atoms with van der Waals surface area (Å²) in [7, 11) is -3.20. The van der Waals surface area contributed by atoms with Gasteiger partial charge in [0.25, 0.3) is 0 Å². The Kier molecular flexibility index (Phi) is 6.75. The van der Waals surface area contributed by atoms with Crippen molar-refractivity contribution >= 4 is 28.1 Å². The van der Waals surface area contributed by atoms with Crippen molar-refractivity contribution in [3.63, 3.8) is 0 Å². The Balaban J connectivity index is 0.00000200. The molecule has 1 aromatic rings. The minimum Gasteiger partial charge on any atom is -0.399 e. The van der Waals surface area contributed by atoms with E-state index in [1.54, 1.807) is 0 Å². The molecule has 1 fully saturated rings. The second-order valence-corrected chi connectivity index (χ2v) is 6.75. The lowest BCUT2D eigenvalue weighted by Gasteiger charge is -2.10. The molecule has 0 spiro atoms. The molecule has 0 aromatic heterocycles. The summed E-state index contributed by atoms with van der Waals surface area (Å²) in [6.07, 6.45) is 1.50. The normalized spacial score (nSPS) is 18.7. The van der Waals surface area contributed by atoms with E-state index in [4.69, 9.17) is 10.5 Å². The van der Waals surface area contributed by atoms with Gasteiger partial charge in [-0.1, -0.05) is 12.1 Å². The number of halogens is 1. The Morgan fingerprint density at radius 3 is 2.60 bits per heavy atom. The standard InChI is InChI=1S/C13H20N2O3S.ClH/c14-13-3-1-11(2-4-13)5-7-15-19(16,17)10-12-6-8-18-9-12;/h1-4,12,15H,5-10,14H2;1H. The van der Waals surface area contributed by atoms with Crippen LogP contribution in [-0.2, 0) is 21.2 Å². The zero-order chi connectivity index (χ0) is 13.7. The third-order valence-electron chi connectivity index (χ3n) is 3.19. The molecule has 1 aliphatic rings. The van der Waals surface area contributed by atoms with Crippen molar-refractivity contribution in [2.24, 2.45) is 5.92 Å². The fourth-order valence-corrected chi connectivity index (χ4v) is 3.53. The number of rotatable bonds is 6. The van der Waals surface area contributed by atoms with Gasteiger partial charge in [0.2, 0.25) is 10.0 Å². The van der Waals surface area contributed by atoms with Crippen LogP contribution in [0.5, 0.6) is 0 Å². The molecule has 1 heterocycles. The Morgan fingerprint density at radius 2 is 2.00 bits per heavy atom. The SMILES string of the molecule is Cl.Nc1ccc(CCNS(=O)(=O)CC2CCOC2)cc1. The molecule has 0 amide bonds. The van der Waals surface area contributed by atoms with Gasteiger partial charge in [-0.15, -0.1) is 12.4 Å². The smallest absolute Gasteiger partial charge is 0.211 e. The number of ether oxygens (including phenoxy) is 1. The molecule has 114 valence electrons. The first-order valence-corrected chi connectivity index (χ1v) is 8.10. The van der Waals surface area contributed by atoms with E-state index < -0.39 is 10.0 Å². The number of anilines is 1. The van der Waals surface area contributed by atoms with E-state index in [2.05, 4.69) is 4.72 Å². The molecule has 0 saturated carbocycles. The van der Waals surface area contributed by atoms with Crippen LogP contribution in [0.1, 0.15) is 12.0 Å². The zero-order valence-corrected chi connectivity index (χ0v) is 12.9. The van der Waals surface area contributed by atoms with Crippen molar-refractivity contribution < 1.29 is 13.2 Å². The van der Waals surface area contributed by atoms with E-state index in [0.29, 0.717) is 31.9 Å². The van der Waals surface area contributed by atoms with Gasteiger partial charge in [-0.2, -0.15) is 0 Å². The number of nitrogen functional groups attached to an aromatic ring is 1. The van der Waals surface area contributed by atoms with E-state index in [-0.39, 0.29) is 24.1 Å². The molecule has 7 heteroatoms. The molecule has 1 saturated heterocycles. The van der Waals surface area contributed by atoms with Crippen LogP contribution in [-0.4, -0.2) is 33.9 Å². The van der Waals surface area contributed by atoms with E-state index in [1.807, 2.05) is 24.3 Å². The highest BCUT2D eigenvalue weighted by atomic mass is 35.5. The van der Waals surface area contributed by atoms with Gasteiger partial charge in [0, 0.05) is 18.8 Å². The van der Waals surface area contributed by atoms with Gasteiger partial charge >= 0.3 is 0 Å². The molecule has 5 nitrogen and oxygen atoms in total. The first-order chi connectivity index (χ1) is 9.05. The maximum absolute atomic E-state index is 11.8. The molecule has 1 aliphatic heterocycles. The molecule has 0 radical (unpaired) electrons. The highest BCUT2D eigenvalue weighted by molar-refractivity contribution is 7.89. The summed E-state index contributed by atoms with van der Waals surface area (Å²) >= 11 is 0. The Labute approximate surface area is 126 Å². The van der Waals surface area contributed by atoms with Crippen molar-refractivity contribution in [1.29, 1.82) is 0 Å². The van der Waals surface area contributed by atoms with Crippen LogP contribution in [0.4, 0.5) is 5.69 Å². The minimum absolute atomic E-state index is 0. The number of hydrogen-bond donors (Lipinski definition) is 2. The summed E-state index contributed by atoms with van der Waals surface area (Å²) in [5, 5.41) is 0. The molecule has 3 N–H and O–H groups in total. The van der Waals surface area contributed by atoms with Gasteiger partial charge in [-0.05, 0) is 36.5 Å². The van der Waals surface area contributed by atoms with Crippen molar-refractivity contribution in [1.82, 2.24) is 4.72 Å². The average molecular weight is 321 g/mol. The lowest BCUT2D eigenvalue weighted by molar-refractivity contribution is 0.188. The quantitative estimate of drug-likeness (QED) is 0.771. The topological polar surface area (TPSA) is 81.4 Å². The minimum atomic E-state index is -3.20. The van der Waals surface area contributed by atoms with Crippen molar-refractivity contribution in [2.45, 2.75) is 12.8 Å². The first-order valence-electron chi connectivity index (χ1n) is 6.45. The molecule has 1 unspecified atom stereocenters. The average Bonchev–Trinajstić information content (AvgIpc) is 2.83. The maximum Gasteiger partial charge on any atom is 0.211 e. The van der Waals surface area contributed by atoms with Crippen LogP contribution in [0, 0.1) is 5.92 Å². The van der Waals surface area contributed by atoms with Crippen molar-refractivity contribution in [3.05, 3.63) is 29.8 Å². The number of hydrogen-bond acceptors (Lipinski definition) is 4. The van der Waals surface area contributed by atoms with Crippen LogP contribution in [0.25, 0.3) is 0 Å². The molecule has 2 rings (SSSR count). The monoisotopic (exact) mass is 320 g/mol. The molecule has 1 aromatic carbocycles. The predicted octanol–water partition coefficient (Wildman–Crippen LogP) is 1.19. The van der Waals surface area contributed by atoms with Gasteiger partial charge < -0.3 is 10.5 Å². The van der Waals surface area contributed by atoms with E-state index in [9.17, 15) is 8.42 Å². The third-order valence-corrected chi connectivity index (χ3v) is 4.75. The summed E-state index contributed by atoms with van der Waals surface area (Å²) in [5.41, 5.74) is 7.38. The fraction of sp³-hybridized carbons (Fsp3) is 0.538. The number of nitrogens with one attached hydrogen (secondary N) is 1. The number of sulfonamides is 1. The molecule has 0 aliphatic carbocycles. The van der Waals surface area contributed by atoms with Crippen LogP contribution in [0.2, 0.25) is 0 Å². The van der Waals surface area contributed by atoms with Gasteiger partial charge in [0.1, 0.15) is 0 Å². The first kappa shape index (κ1) is 17.2. The fourth-order valence-electron chi connectivity index (χ4n) is 2.12. The lowest BCUT2D eigenvalue weighted by atomic mass is 10.1. The Bertz CT molecular complexity index is 499. The van der Waals surface area contributed by atoms with Crippen LogP contribution in [0.3, 0.4) is 0 Å². The lowest BCUT2D eigenvalue weighted by Crippen LogP contribution is -2.31. The van der Waals surface area contributed by atoms with E-state index in [0.717, 1.165) is 12.0 Å². The molecule has 0 bridgehead atoms. The van der Waals surface area contributed by atoms with Crippen molar-refractivity contribution in [3.8, 4) is 0 Å². The summed E-state index contributed by atoms with van der Waals surface area (Å²) in [4.78, 5) is 0. The highest BCUT2D eigenvalue weighted by Gasteiger charge is 2.22. The summed E-state index contributed by atoms with van der Waals surface area (Å²) in [6, 6.07) is 7.46. The van der Waals surface area contributed by atoms with Crippen LogP contribution >= 0.6 is 12.4 Å². The summed E-state index contributed by atoms with van der Waals surface area (Å²) in [6.45, 7) is 1.64. The van der Waals surface area contributed by atoms with Gasteiger partial charge in [0.05, 0.1) is 12.4 Å². The maximum atomic E-state index is 11.8. The highest BCUT2D eigenvalue weighted by Crippen LogP contribution is 2.14. The van der Waals surface area contributed by atoms with E-state index >= 15 is 0 Å². The Hall–Kier alpha value is -0.820. The molecular weight excluding hydrogens is 300 g/mol. The number of nitrogens with two attached hydrogens (primary N) is 1.